The molecule has 2 N–H and O–H groups in total. The molecule has 28 heavy (non-hydrogen) atoms. The molecule has 0 aliphatic carbocycles. The van der Waals surface area contributed by atoms with Crippen LogP contribution in [0.2, 0.25) is 0 Å². The van der Waals surface area contributed by atoms with Crippen LogP contribution in [0.15, 0.2) is 45.1 Å². The van der Waals surface area contributed by atoms with E-state index in [1.165, 1.54) is 4.68 Å². The molecule has 8 nitrogen and oxygen atoms in total. The minimum Gasteiger partial charge on any atom is -0.319 e. The molecule has 0 aliphatic rings. The average molecular weight is 399 g/mol. The van der Waals surface area contributed by atoms with Gasteiger partial charge < -0.3 is 10.3 Å². The van der Waals surface area contributed by atoms with Crippen LogP contribution in [0, 0.1) is 20.8 Å². The number of nitrogens with one attached hydrogen (secondary N) is 2. The number of amides is 1. The fourth-order valence-corrected chi connectivity index (χ4v) is 3.42. The largest absolute Gasteiger partial charge is 0.319 e. The highest BCUT2D eigenvalue weighted by atomic mass is 32.2. The first-order valence-corrected chi connectivity index (χ1v) is 9.62. The van der Waals surface area contributed by atoms with Gasteiger partial charge >= 0.3 is 0 Å². The van der Waals surface area contributed by atoms with Gasteiger partial charge in [-0.05, 0) is 32.9 Å². The number of thioether (sulfide) groups is 1. The average Bonchev–Trinajstić information content (AvgIpc) is 2.88. The Morgan fingerprint density at radius 2 is 1.86 bits per heavy atom. The Morgan fingerprint density at radius 1 is 1.18 bits per heavy atom. The molecule has 3 rings (SSSR count). The number of hydrogen-bond donors (Lipinski definition) is 2. The second-order valence-electron chi connectivity index (χ2n) is 6.35. The van der Waals surface area contributed by atoms with Gasteiger partial charge in [-0.25, -0.2) is 9.67 Å². The van der Waals surface area contributed by atoms with E-state index in [4.69, 9.17) is 0 Å². The Bertz CT molecular complexity index is 1140. The van der Waals surface area contributed by atoms with Crippen molar-refractivity contribution in [1.29, 1.82) is 0 Å². The lowest BCUT2D eigenvalue weighted by atomic mass is 10.3. The molecular weight excluding hydrogens is 378 g/mol. The molecule has 146 valence electrons. The van der Waals surface area contributed by atoms with Gasteiger partial charge in [-0.15, -0.1) is 0 Å². The summed E-state index contributed by atoms with van der Waals surface area (Å²) < 4.78 is 3.20. The van der Waals surface area contributed by atoms with Crippen LogP contribution < -0.4 is 16.4 Å². The van der Waals surface area contributed by atoms with E-state index in [1.807, 2.05) is 30.3 Å². The van der Waals surface area contributed by atoms with Crippen LogP contribution in [-0.2, 0) is 11.8 Å². The number of rotatable bonds is 5. The summed E-state index contributed by atoms with van der Waals surface area (Å²) >= 11 is 1.11. The van der Waals surface area contributed by atoms with Crippen LogP contribution in [0.25, 0.3) is 5.69 Å². The maximum atomic E-state index is 12.8. The summed E-state index contributed by atoms with van der Waals surface area (Å²) in [5, 5.41) is 3.06. The summed E-state index contributed by atoms with van der Waals surface area (Å²) in [5.74, 6) is -0.332. The molecule has 0 fully saturated rings. The molecule has 0 saturated heterocycles. The number of benzene rings is 1. The Balaban J connectivity index is 1.78. The summed E-state index contributed by atoms with van der Waals surface area (Å²) in [6.45, 7) is 5.21. The number of H-pyrrole nitrogens is 1. The predicted molar refractivity (Wildman–Crippen MR) is 109 cm³/mol. The van der Waals surface area contributed by atoms with Crippen molar-refractivity contribution in [2.75, 3.05) is 11.1 Å². The van der Waals surface area contributed by atoms with Gasteiger partial charge in [0.25, 0.3) is 11.1 Å². The van der Waals surface area contributed by atoms with Crippen LogP contribution in [0.3, 0.4) is 0 Å². The summed E-state index contributed by atoms with van der Waals surface area (Å²) in [5.41, 5.74) is 2.24. The standard InChI is InChI=1S/C19H21N5O3S/c1-11-12(2)20-19(22-17(11)26)28-10-15(25)21-16-13(3)23(4)24(18(16)27)14-8-6-5-7-9-14/h5-9H,10H2,1-4H3,(H,21,25)(H,20,22,26). The molecule has 1 aromatic carbocycles. The number of nitrogens with zero attached hydrogens (tertiary/aromatic N) is 3. The van der Waals surface area contributed by atoms with Gasteiger partial charge in [0, 0.05) is 18.3 Å². The first kappa shape index (κ1) is 19.7. The monoisotopic (exact) mass is 399 g/mol. The third kappa shape index (κ3) is 3.79. The van der Waals surface area contributed by atoms with Crippen LogP contribution in [-0.4, -0.2) is 31.0 Å². The third-order valence-corrected chi connectivity index (χ3v) is 5.40. The SMILES string of the molecule is Cc1nc(SCC(=O)Nc2c(C)n(C)n(-c3ccccc3)c2=O)[nH]c(=O)c1C. The van der Waals surface area contributed by atoms with Gasteiger partial charge in [0.2, 0.25) is 5.91 Å². The van der Waals surface area contributed by atoms with E-state index in [0.717, 1.165) is 11.8 Å². The Morgan fingerprint density at radius 3 is 2.50 bits per heavy atom. The van der Waals surface area contributed by atoms with E-state index >= 15 is 0 Å². The quantitative estimate of drug-likeness (QED) is 0.504. The molecule has 0 radical (unpaired) electrons. The number of aryl methyl sites for hydroxylation is 1. The first-order chi connectivity index (χ1) is 13.3. The molecule has 3 aromatic rings. The number of anilines is 1. The van der Waals surface area contributed by atoms with Gasteiger partial charge in [0.1, 0.15) is 5.69 Å². The zero-order valence-electron chi connectivity index (χ0n) is 16.1. The van der Waals surface area contributed by atoms with Crippen molar-refractivity contribution in [2.45, 2.75) is 25.9 Å². The topological polar surface area (TPSA) is 102 Å². The van der Waals surface area contributed by atoms with Crippen molar-refractivity contribution in [1.82, 2.24) is 19.3 Å². The number of carbonyl (C=O) groups is 1. The smallest absolute Gasteiger partial charge is 0.295 e. The Hall–Kier alpha value is -3.07. The number of para-hydroxylation sites is 1. The zero-order chi connectivity index (χ0) is 20.4. The third-order valence-electron chi connectivity index (χ3n) is 4.53. The molecule has 0 unspecified atom stereocenters. The van der Waals surface area contributed by atoms with Crippen LogP contribution in [0.4, 0.5) is 5.69 Å². The molecule has 1 amide bonds. The number of aromatic amines is 1. The van der Waals surface area contributed by atoms with Crippen molar-refractivity contribution < 1.29 is 4.79 Å². The maximum absolute atomic E-state index is 12.8. The predicted octanol–water partition coefficient (Wildman–Crippen LogP) is 1.92. The van der Waals surface area contributed by atoms with Gasteiger partial charge in [-0.3, -0.25) is 19.1 Å². The van der Waals surface area contributed by atoms with Gasteiger partial charge in [-0.2, -0.15) is 0 Å². The fourth-order valence-electron chi connectivity index (χ4n) is 2.71. The van der Waals surface area contributed by atoms with Crippen molar-refractivity contribution >= 4 is 23.4 Å². The van der Waals surface area contributed by atoms with E-state index < -0.39 is 0 Å². The minimum atomic E-state index is -0.350. The minimum absolute atomic E-state index is 0.0184. The van der Waals surface area contributed by atoms with Crippen molar-refractivity contribution in [3.05, 3.63) is 68.0 Å². The molecule has 2 heterocycles. The zero-order valence-corrected chi connectivity index (χ0v) is 16.9. The van der Waals surface area contributed by atoms with E-state index in [-0.39, 0.29) is 28.5 Å². The molecule has 9 heteroatoms. The molecule has 0 aliphatic heterocycles. The highest BCUT2D eigenvalue weighted by molar-refractivity contribution is 7.99. The summed E-state index contributed by atoms with van der Waals surface area (Å²) in [4.78, 5) is 43.9. The van der Waals surface area contributed by atoms with Crippen molar-refractivity contribution in [3.8, 4) is 5.69 Å². The molecular formula is C19H21N5O3S. The molecule has 0 spiro atoms. The van der Waals surface area contributed by atoms with E-state index in [0.29, 0.717) is 27.8 Å². The van der Waals surface area contributed by atoms with E-state index in [1.54, 1.807) is 32.5 Å². The number of hydrogen-bond acceptors (Lipinski definition) is 5. The number of carbonyl (C=O) groups excluding carboxylic acids is 1. The lowest BCUT2D eigenvalue weighted by Gasteiger charge is -2.07. The Labute approximate surface area is 165 Å². The first-order valence-electron chi connectivity index (χ1n) is 8.63. The lowest BCUT2D eigenvalue weighted by Crippen LogP contribution is -2.23. The number of aromatic nitrogens is 4. The highest BCUT2D eigenvalue weighted by Crippen LogP contribution is 2.16. The lowest BCUT2D eigenvalue weighted by molar-refractivity contribution is -0.113. The second-order valence-corrected chi connectivity index (χ2v) is 7.32. The van der Waals surface area contributed by atoms with Gasteiger partial charge in [0.15, 0.2) is 5.16 Å². The Kier molecular flexibility index (Phi) is 5.55. The van der Waals surface area contributed by atoms with Crippen molar-refractivity contribution in [3.63, 3.8) is 0 Å². The maximum Gasteiger partial charge on any atom is 0.295 e. The van der Waals surface area contributed by atoms with Gasteiger partial charge in [-0.1, -0.05) is 30.0 Å². The van der Waals surface area contributed by atoms with Gasteiger partial charge in [0.05, 0.1) is 17.1 Å². The molecule has 0 atom stereocenters. The summed E-state index contributed by atoms with van der Waals surface area (Å²) in [6.07, 6.45) is 0. The van der Waals surface area contributed by atoms with Crippen LogP contribution in [0.1, 0.15) is 17.0 Å². The normalized spacial score (nSPS) is 10.9. The summed E-state index contributed by atoms with van der Waals surface area (Å²) in [7, 11) is 1.76. The highest BCUT2D eigenvalue weighted by Gasteiger charge is 2.18. The van der Waals surface area contributed by atoms with Crippen LogP contribution >= 0.6 is 11.8 Å². The molecule has 2 aromatic heterocycles. The molecule has 0 saturated carbocycles. The van der Waals surface area contributed by atoms with Crippen LogP contribution in [0.5, 0.6) is 0 Å². The summed E-state index contributed by atoms with van der Waals surface area (Å²) in [6, 6.07) is 9.20. The molecule has 0 bridgehead atoms. The van der Waals surface area contributed by atoms with Crippen molar-refractivity contribution in [2.24, 2.45) is 7.05 Å². The van der Waals surface area contributed by atoms with E-state index in [2.05, 4.69) is 15.3 Å². The van der Waals surface area contributed by atoms with E-state index in [9.17, 15) is 14.4 Å². The second kappa shape index (κ2) is 7.89. The fraction of sp³-hybridized carbons (Fsp3) is 0.263.